The first-order valence-corrected chi connectivity index (χ1v) is 16.5. The summed E-state index contributed by atoms with van der Waals surface area (Å²) in [6, 6.07) is 34.7. The van der Waals surface area contributed by atoms with E-state index in [1.54, 1.807) is 5.48 Å². The normalized spacial score (nSPS) is 18.3. The van der Waals surface area contributed by atoms with Gasteiger partial charge in [-0.05, 0) is 53.8 Å². The Balaban J connectivity index is 1.29. The van der Waals surface area contributed by atoms with E-state index in [1.807, 2.05) is 66.7 Å². The second-order valence-electron chi connectivity index (χ2n) is 12.3. The average Bonchev–Trinajstić information content (AvgIpc) is 3.14. The molecule has 4 unspecified atom stereocenters. The van der Waals surface area contributed by atoms with Gasteiger partial charge in [0, 0.05) is 44.0 Å². The molecule has 4 aromatic carbocycles. The van der Waals surface area contributed by atoms with Crippen molar-refractivity contribution in [1.29, 1.82) is 0 Å². The Morgan fingerprint density at radius 1 is 0.854 bits per heavy atom. The summed E-state index contributed by atoms with van der Waals surface area (Å²) in [5.41, 5.74) is 8.64. The smallest absolute Gasteiger partial charge is 0.243 e. The molecule has 0 spiro atoms. The summed E-state index contributed by atoms with van der Waals surface area (Å²) in [4.78, 5) is 25.9. The first-order valence-electron chi connectivity index (χ1n) is 16.5. The van der Waals surface area contributed by atoms with E-state index < -0.39 is 12.2 Å². The number of hydroxylamine groups is 1. The van der Waals surface area contributed by atoms with Crippen LogP contribution in [0.2, 0.25) is 0 Å². The van der Waals surface area contributed by atoms with E-state index >= 15 is 0 Å². The zero-order chi connectivity index (χ0) is 33.9. The van der Waals surface area contributed by atoms with Crippen LogP contribution in [0.25, 0.3) is 11.1 Å². The van der Waals surface area contributed by atoms with Crippen molar-refractivity contribution in [2.24, 2.45) is 0 Å². The van der Waals surface area contributed by atoms with Crippen molar-refractivity contribution in [3.8, 4) is 11.1 Å². The van der Waals surface area contributed by atoms with E-state index in [1.165, 1.54) is 5.56 Å². The number of aliphatic hydroxyl groups is 1. The first-order chi connectivity index (χ1) is 23.3. The molecule has 5 rings (SSSR count). The molecule has 0 radical (unpaired) electrons. The van der Waals surface area contributed by atoms with E-state index in [-0.39, 0.29) is 43.6 Å². The molecule has 48 heavy (non-hydrogen) atoms. The Bertz CT molecular complexity index is 1610. The van der Waals surface area contributed by atoms with Crippen LogP contribution in [0.4, 0.5) is 0 Å². The molecule has 2 amide bonds. The van der Waals surface area contributed by atoms with Crippen molar-refractivity contribution in [2.45, 2.75) is 70.3 Å². The number of ether oxygens (including phenoxy) is 2. The maximum absolute atomic E-state index is 12.4. The summed E-state index contributed by atoms with van der Waals surface area (Å²) in [6.45, 7) is 3.28. The van der Waals surface area contributed by atoms with Crippen molar-refractivity contribution < 1.29 is 29.4 Å². The molecule has 0 aliphatic carbocycles. The van der Waals surface area contributed by atoms with Crippen LogP contribution in [-0.2, 0) is 32.2 Å². The Labute approximate surface area is 282 Å². The largest absolute Gasteiger partial charge is 0.392 e. The molecule has 0 saturated carbocycles. The lowest BCUT2D eigenvalue weighted by Gasteiger charge is -2.39. The van der Waals surface area contributed by atoms with Crippen molar-refractivity contribution in [3.05, 3.63) is 131 Å². The number of hydrogen-bond acceptors (Lipinski definition) is 7. The number of aliphatic hydroxyl groups excluding tert-OH is 1. The molecular formula is C39H45N3O6. The minimum Gasteiger partial charge on any atom is -0.392 e. The van der Waals surface area contributed by atoms with Gasteiger partial charge in [-0.15, -0.1) is 0 Å². The molecule has 4 atom stereocenters. The minimum atomic E-state index is -0.566. The summed E-state index contributed by atoms with van der Waals surface area (Å²) < 4.78 is 13.2. The second-order valence-corrected chi connectivity index (χ2v) is 12.3. The monoisotopic (exact) mass is 651 g/mol. The van der Waals surface area contributed by atoms with Gasteiger partial charge < -0.3 is 19.9 Å². The number of nitrogens with one attached hydrogen (secondary N) is 2. The molecule has 4 aromatic rings. The predicted octanol–water partition coefficient (Wildman–Crippen LogP) is 6.38. The lowest BCUT2D eigenvalue weighted by Crippen LogP contribution is -2.38. The van der Waals surface area contributed by atoms with Crippen LogP contribution in [0, 0.1) is 0 Å². The van der Waals surface area contributed by atoms with Gasteiger partial charge in [0.05, 0.1) is 18.8 Å². The number of carbonyl (C=O) groups excluding carboxylic acids is 2. The third-order valence-electron chi connectivity index (χ3n) is 8.97. The molecule has 1 fully saturated rings. The van der Waals surface area contributed by atoms with Crippen LogP contribution in [-0.4, -0.2) is 46.7 Å². The summed E-state index contributed by atoms with van der Waals surface area (Å²) in [5, 5.41) is 21.1. The minimum absolute atomic E-state index is 0.00428. The lowest BCUT2D eigenvalue weighted by molar-refractivity contribution is -0.253. The molecule has 252 valence electrons. The SMILES string of the molecule is CC(c1ccccc1)N(C)CC1CC(c2ccc(CO)cc2)OC(c2ccc(-c3ccccc3CNC(=O)CCCC(=O)NO)cc2)O1. The quantitative estimate of drug-likeness (QED) is 0.0923. The molecule has 1 aliphatic rings. The zero-order valence-corrected chi connectivity index (χ0v) is 27.5. The maximum atomic E-state index is 12.4. The van der Waals surface area contributed by atoms with Gasteiger partial charge in [0.2, 0.25) is 11.8 Å². The van der Waals surface area contributed by atoms with E-state index in [9.17, 15) is 14.7 Å². The summed E-state index contributed by atoms with van der Waals surface area (Å²) in [6.07, 6.45) is 0.511. The van der Waals surface area contributed by atoms with Gasteiger partial charge >= 0.3 is 0 Å². The van der Waals surface area contributed by atoms with Crippen molar-refractivity contribution in [1.82, 2.24) is 15.7 Å². The van der Waals surface area contributed by atoms with Crippen molar-refractivity contribution >= 4 is 11.8 Å². The van der Waals surface area contributed by atoms with Gasteiger partial charge in [-0.2, -0.15) is 0 Å². The highest BCUT2D eigenvalue weighted by atomic mass is 16.7. The van der Waals surface area contributed by atoms with Crippen LogP contribution in [0.1, 0.15) is 78.9 Å². The average molecular weight is 652 g/mol. The van der Waals surface area contributed by atoms with E-state index in [4.69, 9.17) is 14.7 Å². The van der Waals surface area contributed by atoms with E-state index in [0.717, 1.165) is 39.9 Å². The molecule has 9 heteroatoms. The number of amides is 2. The molecule has 1 heterocycles. The number of rotatable bonds is 14. The van der Waals surface area contributed by atoms with Crippen LogP contribution in [0.3, 0.4) is 0 Å². The van der Waals surface area contributed by atoms with Gasteiger partial charge in [0.15, 0.2) is 6.29 Å². The number of benzene rings is 4. The molecular weight excluding hydrogens is 606 g/mol. The van der Waals surface area contributed by atoms with Crippen molar-refractivity contribution in [3.63, 3.8) is 0 Å². The predicted molar refractivity (Wildman–Crippen MR) is 183 cm³/mol. The Morgan fingerprint density at radius 2 is 1.52 bits per heavy atom. The zero-order valence-electron chi connectivity index (χ0n) is 27.5. The number of hydrogen-bond donors (Lipinski definition) is 4. The Hall–Kier alpha value is -4.38. The third kappa shape index (κ3) is 9.37. The lowest BCUT2D eigenvalue weighted by atomic mass is 9.97. The number of nitrogens with zero attached hydrogens (tertiary/aromatic N) is 1. The first kappa shape index (κ1) is 34.9. The Kier molecular flexibility index (Phi) is 12.5. The molecule has 1 aliphatic heterocycles. The molecule has 0 bridgehead atoms. The van der Waals surface area contributed by atoms with Crippen LogP contribution in [0.15, 0.2) is 103 Å². The van der Waals surface area contributed by atoms with Crippen LogP contribution in [0.5, 0.6) is 0 Å². The standard InChI is InChI=1S/C39H45N3O6/c1-27(29-9-4-3-5-10-29)42(2)25-34-23-36(31-17-15-28(26-43)16-18-31)48-39(47-34)32-21-19-30(20-22-32)35-12-7-6-11-33(35)24-40-37(44)13-8-14-38(45)41-46/h3-7,9-12,15-22,27,34,36,39,43,46H,8,13-14,23-26H2,1-2H3,(H,40,44)(H,41,45). The Morgan fingerprint density at radius 3 is 2.23 bits per heavy atom. The third-order valence-corrected chi connectivity index (χ3v) is 8.97. The maximum Gasteiger partial charge on any atom is 0.243 e. The molecule has 4 N–H and O–H groups in total. The fourth-order valence-electron chi connectivity index (χ4n) is 6.02. The van der Waals surface area contributed by atoms with Crippen LogP contribution >= 0.6 is 0 Å². The van der Waals surface area contributed by atoms with Crippen molar-refractivity contribution in [2.75, 3.05) is 13.6 Å². The fraction of sp³-hybridized carbons (Fsp3) is 0.333. The molecule has 1 saturated heterocycles. The highest BCUT2D eigenvalue weighted by Gasteiger charge is 2.33. The summed E-state index contributed by atoms with van der Waals surface area (Å²) in [5.74, 6) is -0.662. The van der Waals surface area contributed by atoms with E-state index in [0.29, 0.717) is 19.4 Å². The highest BCUT2D eigenvalue weighted by Crippen LogP contribution is 2.39. The van der Waals surface area contributed by atoms with Gasteiger partial charge in [-0.25, -0.2) is 5.48 Å². The van der Waals surface area contributed by atoms with E-state index in [2.05, 4.69) is 60.6 Å². The topological polar surface area (TPSA) is 120 Å². The highest BCUT2D eigenvalue weighted by molar-refractivity contribution is 5.78. The van der Waals surface area contributed by atoms with Gasteiger partial charge in [0.25, 0.3) is 0 Å². The summed E-state index contributed by atoms with van der Waals surface area (Å²) >= 11 is 0. The number of carbonyl (C=O) groups is 2. The molecule has 9 nitrogen and oxygen atoms in total. The van der Waals surface area contributed by atoms with Gasteiger partial charge in [0.1, 0.15) is 0 Å². The fourth-order valence-corrected chi connectivity index (χ4v) is 6.02. The van der Waals surface area contributed by atoms with Gasteiger partial charge in [-0.1, -0.05) is 103 Å². The van der Waals surface area contributed by atoms with Gasteiger partial charge in [-0.3, -0.25) is 19.7 Å². The molecule has 0 aromatic heterocycles. The number of likely N-dealkylation sites (N-methyl/N-ethyl adjacent to an activating group) is 1. The second kappa shape index (κ2) is 17.1. The van der Waals surface area contributed by atoms with Crippen LogP contribution < -0.4 is 10.8 Å². The summed E-state index contributed by atoms with van der Waals surface area (Å²) in [7, 11) is 2.13.